The Morgan fingerprint density at radius 3 is 2.29 bits per heavy atom. The molecule has 148 valence electrons. The topological polar surface area (TPSA) is 128 Å². The number of amides is 2. The lowest BCUT2D eigenvalue weighted by atomic mass is 10.2. The number of carbonyl (C=O) groups is 2. The van der Waals surface area contributed by atoms with Gasteiger partial charge in [0.25, 0.3) is 5.91 Å². The Labute approximate surface area is 162 Å². The van der Waals surface area contributed by atoms with E-state index in [9.17, 15) is 23.1 Å². The van der Waals surface area contributed by atoms with Crippen LogP contribution in [0.1, 0.15) is 12.5 Å². The van der Waals surface area contributed by atoms with E-state index < -0.39 is 22.5 Å². The number of nitrogens with zero attached hydrogens (tertiary/aromatic N) is 2. The molecule has 28 heavy (non-hydrogen) atoms. The number of rotatable bonds is 7. The second kappa shape index (κ2) is 9.11. The third kappa shape index (κ3) is 5.89. The first-order valence-corrected chi connectivity index (χ1v) is 9.57. The molecule has 0 bridgehead atoms. The van der Waals surface area contributed by atoms with Gasteiger partial charge in [-0.2, -0.15) is 9.41 Å². The third-order valence-corrected chi connectivity index (χ3v) is 5.36. The predicted octanol–water partition coefficient (Wildman–Crippen LogP) is 1.12. The van der Waals surface area contributed by atoms with Crippen molar-refractivity contribution < 1.29 is 23.1 Å². The average molecular weight is 404 g/mol. The van der Waals surface area contributed by atoms with Crippen molar-refractivity contribution in [3.8, 4) is 5.75 Å². The van der Waals surface area contributed by atoms with Crippen molar-refractivity contribution >= 4 is 33.7 Å². The number of phenols is 1. The molecule has 2 aromatic rings. The highest BCUT2D eigenvalue weighted by Crippen LogP contribution is 2.17. The Kier molecular flexibility index (Phi) is 6.85. The highest BCUT2D eigenvalue weighted by atomic mass is 32.2. The van der Waals surface area contributed by atoms with Crippen LogP contribution in [0, 0.1) is 0 Å². The van der Waals surface area contributed by atoms with Gasteiger partial charge in [-0.3, -0.25) is 9.59 Å². The van der Waals surface area contributed by atoms with Gasteiger partial charge in [-0.25, -0.2) is 13.8 Å². The van der Waals surface area contributed by atoms with Gasteiger partial charge in [0.15, 0.2) is 0 Å². The fraction of sp³-hybridized carbons (Fsp3) is 0.167. The van der Waals surface area contributed by atoms with Crippen LogP contribution in [-0.2, 0) is 19.6 Å². The first kappa shape index (κ1) is 21.1. The summed E-state index contributed by atoms with van der Waals surface area (Å²) >= 11 is 0. The number of benzene rings is 2. The average Bonchev–Trinajstić information content (AvgIpc) is 2.63. The molecule has 0 aliphatic heterocycles. The second-order valence-corrected chi connectivity index (χ2v) is 7.90. The Bertz CT molecular complexity index is 970. The molecule has 0 aliphatic rings. The molecule has 0 spiro atoms. The Hall–Kier alpha value is -3.24. The number of anilines is 1. The maximum Gasteiger partial charge on any atom is 0.255 e. The monoisotopic (exact) mass is 404 g/mol. The van der Waals surface area contributed by atoms with Crippen molar-refractivity contribution in [1.29, 1.82) is 0 Å². The van der Waals surface area contributed by atoms with E-state index in [0.29, 0.717) is 11.3 Å². The van der Waals surface area contributed by atoms with E-state index in [1.807, 2.05) is 0 Å². The Balaban J connectivity index is 1.96. The summed E-state index contributed by atoms with van der Waals surface area (Å²) in [5, 5.41) is 15.5. The van der Waals surface area contributed by atoms with Crippen LogP contribution in [0.25, 0.3) is 0 Å². The standard InChI is InChI=1S/C18H20N4O5S/c1-13(23)20-15-5-9-17(10-6-15)28(26,27)22(2)12-18(25)21-19-11-14-3-7-16(24)8-4-14/h3-11,24H,12H2,1-2H3,(H,20,23)(H,21,25)/b19-11+. The van der Waals surface area contributed by atoms with Gasteiger partial charge in [0.2, 0.25) is 15.9 Å². The first-order chi connectivity index (χ1) is 13.2. The van der Waals surface area contributed by atoms with Crippen molar-refractivity contribution in [1.82, 2.24) is 9.73 Å². The molecule has 2 aromatic carbocycles. The van der Waals surface area contributed by atoms with Gasteiger partial charge in [-0.1, -0.05) is 0 Å². The number of nitrogens with one attached hydrogen (secondary N) is 2. The minimum Gasteiger partial charge on any atom is -0.508 e. The van der Waals surface area contributed by atoms with Crippen LogP contribution in [0.2, 0.25) is 0 Å². The van der Waals surface area contributed by atoms with E-state index in [-0.39, 0.29) is 16.6 Å². The summed E-state index contributed by atoms with van der Waals surface area (Å²) in [6, 6.07) is 11.8. The summed E-state index contributed by atoms with van der Waals surface area (Å²) in [4.78, 5) is 22.9. The van der Waals surface area contributed by atoms with Crippen LogP contribution < -0.4 is 10.7 Å². The SMILES string of the molecule is CC(=O)Nc1ccc(S(=O)(=O)N(C)CC(=O)N/N=C/c2ccc(O)cc2)cc1. The molecule has 0 unspecified atom stereocenters. The lowest BCUT2D eigenvalue weighted by Crippen LogP contribution is -2.36. The van der Waals surface area contributed by atoms with Gasteiger partial charge in [-0.05, 0) is 54.1 Å². The number of phenolic OH excluding ortho intramolecular Hbond substituents is 1. The zero-order valence-corrected chi connectivity index (χ0v) is 16.1. The summed E-state index contributed by atoms with van der Waals surface area (Å²) in [7, 11) is -2.60. The van der Waals surface area contributed by atoms with E-state index in [0.717, 1.165) is 4.31 Å². The van der Waals surface area contributed by atoms with Crippen molar-refractivity contribution in [2.24, 2.45) is 5.10 Å². The van der Waals surface area contributed by atoms with Crippen LogP contribution in [0.5, 0.6) is 5.75 Å². The van der Waals surface area contributed by atoms with Crippen LogP contribution in [0.3, 0.4) is 0 Å². The minimum atomic E-state index is -3.88. The molecule has 0 saturated carbocycles. The molecule has 10 heteroatoms. The highest BCUT2D eigenvalue weighted by molar-refractivity contribution is 7.89. The summed E-state index contributed by atoms with van der Waals surface area (Å²) in [6.07, 6.45) is 1.37. The maximum atomic E-state index is 12.5. The Morgan fingerprint density at radius 1 is 1.11 bits per heavy atom. The van der Waals surface area contributed by atoms with Crippen LogP contribution in [0.15, 0.2) is 58.5 Å². The van der Waals surface area contributed by atoms with Crippen molar-refractivity contribution in [3.63, 3.8) is 0 Å². The smallest absolute Gasteiger partial charge is 0.255 e. The molecule has 0 radical (unpaired) electrons. The summed E-state index contributed by atoms with van der Waals surface area (Å²) in [5.41, 5.74) is 3.36. The van der Waals surface area contributed by atoms with E-state index >= 15 is 0 Å². The fourth-order valence-electron chi connectivity index (χ4n) is 2.16. The van der Waals surface area contributed by atoms with Crippen molar-refractivity contribution in [3.05, 3.63) is 54.1 Å². The number of hydrazone groups is 1. The quantitative estimate of drug-likeness (QED) is 0.471. The van der Waals surface area contributed by atoms with Crippen molar-refractivity contribution in [2.45, 2.75) is 11.8 Å². The summed E-state index contributed by atoms with van der Waals surface area (Å²) in [6.45, 7) is 0.921. The molecular formula is C18H20N4O5S. The highest BCUT2D eigenvalue weighted by Gasteiger charge is 2.22. The molecule has 0 fully saturated rings. The van der Waals surface area contributed by atoms with E-state index in [1.165, 1.54) is 56.6 Å². The molecule has 0 aliphatic carbocycles. The molecule has 0 saturated heterocycles. The van der Waals surface area contributed by atoms with Crippen molar-refractivity contribution in [2.75, 3.05) is 18.9 Å². The number of carbonyl (C=O) groups excluding carboxylic acids is 2. The fourth-order valence-corrected chi connectivity index (χ4v) is 3.28. The Morgan fingerprint density at radius 2 is 1.71 bits per heavy atom. The molecule has 0 aromatic heterocycles. The molecule has 3 N–H and O–H groups in total. The normalized spacial score (nSPS) is 11.5. The molecular weight excluding hydrogens is 384 g/mol. The van der Waals surface area contributed by atoms with Crippen LogP contribution in [0.4, 0.5) is 5.69 Å². The van der Waals surface area contributed by atoms with E-state index in [2.05, 4.69) is 15.8 Å². The lowest BCUT2D eigenvalue weighted by molar-refractivity contribution is -0.121. The molecule has 2 rings (SSSR count). The predicted molar refractivity (Wildman–Crippen MR) is 104 cm³/mol. The van der Waals surface area contributed by atoms with E-state index in [4.69, 9.17) is 0 Å². The molecule has 0 atom stereocenters. The van der Waals surface area contributed by atoms with Crippen LogP contribution >= 0.6 is 0 Å². The summed E-state index contributed by atoms with van der Waals surface area (Å²) in [5.74, 6) is -0.772. The largest absolute Gasteiger partial charge is 0.508 e. The molecule has 0 heterocycles. The number of aromatic hydroxyl groups is 1. The van der Waals surface area contributed by atoms with Crippen LogP contribution in [-0.4, -0.2) is 49.5 Å². The first-order valence-electron chi connectivity index (χ1n) is 8.13. The van der Waals surface area contributed by atoms with Gasteiger partial charge < -0.3 is 10.4 Å². The number of hydrogen-bond acceptors (Lipinski definition) is 6. The lowest BCUT2D eigenvalue weighted by Gasteiger charge is -2.16. The number of hydrogen-bond donors (Lipinski definition) is 3. The zero-order valence-electron chi connectivity index (χ0n) is 15.3. The van der Waals surface area contributed by atoms with Gasteiger partial charge >= 0.3 is 0 Å². The minimum absolute atomic E-state index is 0.00973. The van der Waals surface area contributed by atoms with Gasteiger partial charge in [-0.15, -0.1) is 0 Å². The molecule has 2 amide bonds. The zero-order chi connectivity index (χ0) is 20.7. The molecule has 9 nitrogen and oxygen atoms in total. The van der Waals surface area contributed by atoms with Gasteiger partial charge in [0.05, 0.1) is 17.7 Å². The second-order valence-electron chi connectivity index (χ2n) is 5.85. The van der Waals surface area contributed by atoms with Gasteiger partial charge in [0.1, 0.15) is 5.75 Å². The summed E-state index contributed by atoms with van der Waals surface area (Å²) < 4.78 is 25.9. The van der Waals surface area contributed by atoms with Gasteiger partial charge in [0, 0.05) is 19.7 Å². The maximum absolute atomic E-state index is 12.5. The third-order valence-electron chi connectivity index (χ3n) is 3.55. The number of likely N-dealkylation sites (N-methyl/N-ethyl adjacent to an activating group) is 1. The number of sulfonamides is 1. The van der Waals surface area contributed by atoms with E-state index in [1.54, 1.807) is 12.1 Å².